The average Bonchev–Trinajstić information content (AvgIpc) is 2.62. The Morgan fingerprint density at radius 1 is 1.04 bits per heavy atom. The first-order valence-corrected chi connectivity index (χ1v) is 7.96. The number of anilines is 1. The third kappa shape index (κ3) is 6.64. The molecule has 0 bridgehead atoms. The number of hydrazone groups is 1. The van der Waals surface area contributed by atoms with Gasteiger partial charge in [0.15, 0.2) is 0 Å². The van der Waals surface area contributed by atoms with Crippen LogP contribution in [0, 0.1) is 0 Å². The van der Waals surface area contributed by atoms with Crippen molar-refractivity contribution in [3.63, 3.8) is 0 Å². The van der Waals surface area contributed by atoms with E-state index in [0.29, 0.717) is 10.7 Å². The molecule has 2 amide bonds. The number of halogens is 1. The summed E-state index contributed by atoms with van der Waals surface area (Å²) in [6.45, 7) is 0. The van der Waals surface area contributed by atoms with Gasteiger partial charge in [0.05, 0.1) is 13.3 Å². The van der Waals surface area contributed by atoms with Crippen molar-refractivity contribution in [2.45, 2.75) is 12.8 Å². The fraction of sp³-hybridized carbons (Fsp3) is 0.167. The molecule has 0 radical (unpaired) electrons. The Morgan fingerprint density at radius 3 is 2.32 bits per heavy atom. The predicted molar refractivity (Wildman–Crippen MR) is 98.0 cm³/mol. The van der Waals surface area contributed by atoms with Gasteiger partial charge in [-0.3, -0.25) is 9.59 Å². The van der Waals surface area contributed by atoms with Crippen LogP contribution in [-0.4, -0.2) is 25.1 Å². The molecule has 0 aromatic heterocycles. The first-order valence-electron chi connectivity index (χ1n) is 7.58. The van der Waals surface area contributed by atoms with Crippen LogP contribution in [0.15, 0.2) is 53.6 Å². The number of carbonyl (C=O) groups is 2. The molecule has 130 valence electrons. The monoisotopic (exact) mass is 359 g/mol. The second-order valence-corrected chi connectivity index (χ2v) is 5.56. The number of benzene rings is 2. The topological polar surface area (TPSA) is 79.8 Å². The maximum atomic E-state index is 11.8. The van der Waals surface area contributed by atoms with E-state index in [1.54, 1.807) is 43.5 Å². The van der Waals surface area contributed by atoms with Crippen LogP contribution < -0.4 is 15.5 Å². The summed E-state index contributed by atoms with van der Waals surface area (Å²) < 4.78 is 5.06. The molecule has 2 aromatic carbocycles. The Balaban J connectivity index is 1.71. The number of amides is 2. The van der Waals surface area contributed by atoms with Crippen molar-refractivity contribution in [3.05, 3.63) is 59.1 Å². The second kappa shape index (κ2) is 9.44. The molecule has 2 rings (SSSR count). The number of rotatable bonds is 7. The molecular formula is C18H18ClN3O3. The van der Waals surface area contributed by atoms with E-state index in [1.807, 2.05) is 12.1 Å². The molecule has 0 saturated carbocycles. The van der Waals surface area contributed by atoms with Crippen molar-refractivity contribution in [3.8, 4) is 5.75 Å². The van der Waals surface area contributed by atoms with E-state index in [-0.39, 0.29) is 24.7 Å². The molecule has 0 aliphatic rings. The summed E-state index contributed by atoms with van der Waals surface area (Å²) in [7, 11) is 1.59. The quantitative estimate of drug-likeness (QED) is 0.588. The molecule has 0 aliphatic heterocycles. The highest BCUT2D eigenvalue weighted by Crippen LogP contribution is 2.13. The molecule has 25 heavy (non-hydrogen) atoms. The Labute approximate surface area is 150 Å². The minimum atomic E-state index is -0.337. The average molecular weight is 360 g/mol. The molecule has 0 aliphatic carbocycles. The van der Waals surface area contributed by atoms with Crippen LogP contribution in [0.4, 0.5) is 5.69 Å². The molecule has 0 spiro atoms. The summed E-state index contributed by atoms with van der Waals surface area (Å²) in [5.74, 6) is 0.153. The Kier molecular flexibility index (Phi) is 6.98. The zero-order valence-corrected chi connectivity index (χ0v) is 14.4. The number of methoxy groups -OCH3 is 1. The minimum Gasteiger partial charge on any atom is -0.497 e. The van der Waals surface area contributed by atoms with Crippen molar-refractivity contribution >= 4 is 35.3 Å². The number of carbonyl (C=O) groups excluding carboxylic acids is 2. The van der Waals surface area contributed by atoms with Crippen LogP contribution in [0.3, 0.4) is 0 Å². The van der Waals surface area contributed by atoms with Gasteiger partial charge in [-0.25, -0.2) is 5.43 Å². The van der Waals surface area contributed by atoms with Gasteiger partial charge < -0.3 is 10.1 Å². The van der Waals surface area contributed by atoms with Gasteiger partial charge in [0.25, 0.3) is 0 Å². The lowest BCUT2D eigenvalue weighted by molar-refractivity contribution is -0.124. The number of hydrogen-bond donors (Lipinski definition) is 2. The van der Waals surface area contributed by atoms with Crippen LogP contribution in [-0.2, 0) is 9.59 Å². The summed E-state index contributed by atoms with van der Waals surface area (Å²) in [6.07, 6.45) is 1.62. The van der Waals surface area contributed by atoms with Gasteiger partial charge in [0, 0.05) is 23.6 Å². The van der Waals surface area contributed by atoms with E-state index in [1.165, 1.54) is 6.21 Å². The van der Waals surface area contributed by atoms with Crippen molar-refractivity contribution in [1.82, 2.24) is 5.43 Å². The zero-order valence-electron chi connectivity index (χ0n) is 13.7. The number of nitrogens with zero attached hydrogens (tertiary/aromatic N) is 1. The van der Waals surface area contributed by atoms with Crippen LogP contribution >= 0.6 is 11.6 Å². The smallest absolute Gasteiger partial charge is 0.240 e. The van der Waals surface area contributed by atoms with Crippen LogP contribution in [0.2, 0.25) is 5.02 Å². The van der Waals surface area contributed by atoms with Crippen LogP contribution in [0.1, 0.15) is 18.4 Å². The third-order valence-electron chi connectivity index (χ3n) is 3.23. The van der Waals surface area contributed by atoms with E-state index >= 15 is 0 Å². The highest BCUT2D eigenvalue weighted by molar-refractivity contribution is 6.30. The molecule has 0 atom stereocenters. The molecule has 0 saturated heterocycles. The van der Waals surface area contributed by atoms with Crippen LogP contribution in [0.25, 0.3) is 0 Å². The maximum Gasteiger partial charge on any atom is 0.240 e. The van der Waals surface area contributed by atoms with Crippen molar-refractivity contribution in [1.29, 1.82) is 0 Å². The molecular weight excluding hydrogens is 342 g/mol. The van der Waals surface area contributed by atoms with E-state index in [0.717, 1.165) is 11.3 Å². The number of hydrogen-bond acceptors (Lipinski definition) is 4. The summed E-state index contributed by atoms with van der Waals surface area (Å²) >= 11 is 5.77. The molecule has 7 heteroatoms. The lowest BCUT2D eigenvalue weighted by Crippen LogP contribution is -2.20. The Bertz CT molecular complexity index is 743. The third-order valence-corrected chi connectivity index (χ3v) is 3.48. The van der Waals surface area contributed by atoms with Gasteiger partial charge in [0.1, 0.15) is 5.75 Å². The largest absolute Gasteiger partial charge is 0.497 e. The highest BCUT2D eigenvalue weighted by atomic mass is 35.5. The molecule has 0 unspecified atom stereocenters. The van der Waals surface area contributed by atoms with E-state index in [9.17, 15) is 9.59 Å². The normalized spacial score (nSPS) is 10.5. The summed E-state index contributed by atoms with van der Waals surface area (Å²) in [6, 6.07) is 14.0. The van der Waals surface area contributed by atoms with E-state index < -0.39 is 0 Å². The first kappa shape index (κ1) is 18.5. The van der Waals surface area contributed by atoms with Crippen molar-refractivity contribution in [2.24, 2.45) is 5.10 Å². The predicted octanol–water partition coefficient (Wildman–Crippen LogP) is 3.22. The van der Waals surface area contributed by atoms with Gasteiger partial charge >= 0.3 is 0 Å². The fourth-order valence-electron chi connectivity index (χ4n) is 1.91. The van der Waals surface area contributed by atoms with Gasteiger partial charge in [-0.05, 0) is 54.1 Å². The molecule has 2 aromatic rings. The van der Waals surface area contributed by atoms with E-state index in [4.69, 9.17) is 16.3 Å². The number of ether oxygens (including phenoxy) is 1. The van der Waals surface area contributed by atoms with Crippen molar-refractivity contribution < 1.29 is 14.3 Å². The first-order chi connectivity index (χ1) is 12.1. The highest BCUT2D eigenvalue weighted by Gasteiger charge is 2.06. The van der Waals surface area contributed by atoms with Crippen molar-refractivity contribution in [2.75, 3.05) is 12.4 Å². The van der Waals surface area contributed by atoms with Crippen LogP contribution in [0.5, 0.6) is 5.75 Å². The molecule has 2 N–H and O–H groups in total. The minimum absolute atomic E-state index is 0.0410. The summed E-state index contributed by atoms with van der Waals surface area (Å²) in [5, 5.41) is 7.14. The van der Waals surface area contributed by atoms with Gasteiger partial charge in [0.2, 0.25) is 11.8 Å². The standard InChI is InChI=1S/C18H18ClN3O3/c1-25-16-8-2-13(3-9-16)12-20-22-18(24)11-10-17(23)21-15-6-4-14(19)5-7-15/h2-9,12H,10-11H2,1H3,(H,21,23)(H,22,24). The zero-order chi connectivity index (χ0) is 18.1. The van der Waals surface area contributed by atoms with E-state index in [2.05, 4.69) is 15.8 Å². The molecule has 0 fully saturated rings. The molecule has 6 nitrogen and oxygen atoms in total. The SMILES string of the molecule is COc1ccc(C=NNC(=O)CCC(=O)Nc2ccc(Cl)cc2)cc1. The summed E-state index contributed by atoms with van der Waals surface area (Å²) in [5.41, 5.74) is 3.84. The Morgan fingerprint density at radius 2 is 1.68 bits per heavy atom. The summed E-state index contributed by atoms with van der Waals surface area (Å²) in [4.78, 5) is 23.5. The number of nitrogens with one attached hydrogen (secondary N) is 2. The lowest BCUT2D eigenvalue weighted by atomic mass is 10.2. The Hall–Kier alpha value is -2.86. The van der Waals surface area contributed by atoms with Gasteiger partial charge in [-0.1, -0.05) is 11.6 Å². The maximum absolute atomic E-state index is 11.8. The molecule has 0 heterocycles. The van der Waals surface area contributed by atoms with Gasteiger partial charge in [-0.15, -0.1) is 0 Å². The van der Waals surface area contributed by atoms with Gasteiger partial charge in [-0.2, -0.15) is 5.10 Å². The second-order valence-electron chi connectivity index (χ2n) is 5.12. The lowest BCUT2D eigenvalue weighted by Gasteiger charge is -2.04. The fourth-order valence-corrected chi connectivity index (χ4v) is 2.03.